The number of carbonyl (C=O) groups is 1. The summed E-state index contributed by atoms with van der Waals surface area (Å²) in [5, 5.41) is 9.24. The summed E-state index contributed by atoms with van der Waals surface area (Å²) in [5.41, 5.74) is 1.52. The Bertz CT molecular complexity index is 621. The van der Waals surface area contributed by atoms with E-state index in [4.69, 9.17) is 21.3 Å². The highest BCUT2D eigenvalue weighted by Gasteiger charge is 2.28. The van der Waals surface area contributed by atoms with Crippen molar-refractivity contribution < 1.29 is 23.8 Å². The van der Waals surface area contributed by atoms with Gasteiger partial charge >= 0.3 is 5.97 Å². The molecule has 0 saturated heterocycles. The Labute approximate surface area is 140 Å². The van der Waals surface area contributed by atoms with Crippen molar-refractivity contribution in [2.24, 2.45) is 0 Å². The lowest BCUT2D eigenvalue weighted by Crippen LogP contribution is -2.29. The zero-order valence-electron chi connectivity index (χ0n) is 12.2. The molecule has 0 amide bonds. The average molecular weight is 351 g/mol. The Morgan fingerprint density at radius 2 is 1.61 bits per heavy atom. The number of carboxylic acids is 1. The predicted molar refractivity (Wildman–Crippen MR) is 88.2 cm³/mol. The third kappa shape index (κ3) is 6.29. The van der Waals surface area contributed by atoms with Gasteiger partial charge in [-0.05, 0) is 11.1 Å². The maximum atomic E-state index is 12.2. The summed E-state index contributed by atoms with van der Waals surface area (Å²) in [5.74, 6) is -1.23. The Morgan fingerprint density at radius 3 is 2.13 bits per heavy atom. The molecule has 0 saturated carbocycles. The molecule has 7 heteroatoms. The lowest BCUT2D eigenvalue weighted by Gasteiger charge is -2.34. The zero-order valence-corrected chi connectivity index (χ0v) is 13.9. The van der Waals surface area contributed by atoms with Crippen LogP contribution in [0.3, 0.4) is 0 Å². The van der Waals surface area contributed by atoms with Gasteiger partial charge in [0.2, 0.25) is 6.10 Å². The van der Waals surface area contributed by atoms with Crippen LogP contribution in [0.4, 0.5) is 0 Å². The van der Waals surface area contributed by atoms with Crippen LogP contribution in [-0.2, 0) is 39.1 Å². The van der Waals surface area contributed by atoms with Gasteiger partial charge in [0, 0.05) is 6.42 Å². The molecule has 2 aromatic rings. The molecule has 1 N–H and O–H groups in total. The van der Waals surface area contributed by atoms with E-state index in [1.54, 1.807) is 36.4 Å². The Kier molecular flexibility index (Phi) is 6.57. The quantitative estimate of drug-likeness (QED) is 0.582. The second-order valence-electron chi connectivity index (χ2n) is 4.83. The zero-order chi connectivity index (χ0) is 16.7. The Morgan fingerprint density at radius 1 is 1.09 bits per heavy atom. The molecule has 0 spiro atoms. The van der Waals surface area contributed by atoms with Crippen molar-refractivity contribution >= 4 is 25.4 Å². The predicted octanol–water partition coefficient (Wildman–Crippen LogP) is 2.50. The number of rotatable bonds is 8. The SMILES string of the molecule is O=C(O)[C@@H](Cc1ccccc1)O[P+]([O-])([S-])OCc1ccccc1. The number of hydrogen-bond donors (Lipinski definition) is 1. The van der Waals surface area contributed by atoms with Crippen molar-refractivity contribution in [3.63, 3.8) is 0 Å². The summed E-state index contributed by atoms with van der Waals surface area (Å²) >= 11 is 4.80. The van der Waals surface area contributed by atoms with Gasteiger partial charge in [-0.25, -0.2) is 13.8 Å². The lowest BCUT2D eigenvalue weighted by molar-refractivity contribution is -0.216. The fraction of sp³-hybridized carbons (Fsp3) is 0.188. The van der Waals surface area contributed by atoms with Gasteiger partial charge in [-0.1, -0.05) is 60.7 Å². The minimum atomic E-state index is -3.90. The molecule has 1 unspecified atom stereocenters. The molecule has 0 heterocycles. The van der Waals surface area contributed by atoms with E-state index in [-0.39, 0.29) is 13.0 Å². The molecule has 0 bridgehead atoms. The molecular weight excluding hydrogens is 335 g/mol. The average Bonchev–Trinajstić information content (AvgIpc) is 2.54. The molecule has 2 atom stereocenters. The van der Waals surface area contributed by atoms with Gasteiger partial charge in [0.25, 0.3) is 0 Å². The van der Waals surface area contributed by atoms with Gasteiger partial charge in [-0.3, -0.25) is 0 Å². The summed E-state index contributed by atoms with van der Waals surface area (Å²) in [7, 11) is -3.90. The molecule has 23 heavy (non-hydrogen) atoms. The number of benzene rings is 2. The van der Waals surface area contributed by atoms with Gasteiger partial charge < -0.3 is 22.2 Å². The van der Waals surface area contributed by atoms with Gasteiger partial charge in [0.05, 0.1) is 0 Å². The molecule has 0 fully saturated rings. The minimum Gasteiger partial charge on any atom is -0.648 e. The van der Waals surface area contributed by atoms with Crippen molar-refractivity contribution in [2.75, 3.05) is 0 Å². The topological polar surface area (TPSA) is 78.8 Å². The highest BCUT2D eigenvalue weighted by molar-refractivity contribution is 8.34. The summed E-state index contributed by atoms with van der Waals surface area (Å²) < 4.78 is 10.2. The first-order valence-corrected chi connectivity index (χ1v) is 9.46. The third-order valence-corrected chi connectivity index (χ3v) is 4.56. The standard InChI is InChI=1S/C16H17O5PS/c17-16(18)15(11-13-7-3-1-4-8-13)21-22(19,23)20-12-14-9-5-2-6-10-14/h1-10,15H,11-12H2,(H,17,18)(H,19,23)/p-1/t15-,22?/m1/s1. The number of carboxylic acid groups (broad SMARTS) is 1. The van der Waals surface area contributed by atoms with E-state index in [1.165, 1.54) is 0 Å². The fourth-order valence-electron chi connectivity index (χ4n) is 1.91. The van der Waals surface area contributed by atoms with Crippen LogP contribution in [0, 0.1) is 0 Å². The minimum absolute atomic E-state index is 0.000701. The van der Waals surface area contributed by atoms with Crippen LogP contribution in [0.2, 0.25) is 0 Å². The Hall–Kier alpha value is -1.43. The van der Waals surface area contributed by atoms with Crippen LogP contribution in [0.1, 0.15) is 11.1 Å². The van der Waals surface area contributed by atoms with Gasteiger partial charge in [-0.15, -0.1) is 0 Å². The maximum absolute atomic E-state index is 12.2. The molecule has 0 aliphatic heterocycles. The van der Waals surface area contributed by atoms with Crippen molar-refractivity contribution in [1.29, 1.82) is 0 Å². The van der Waals surface area contributed by atoms with Crippen molar-refractivity contribution in [3.8, 4) is 0 Å². The van der Waals surface area contributed by atoms with Crippen LogP contribution < -0.4 is 4.89 Å². The second-order valence-corrected chi connectivity index (χ2v) is 7.53. The highest BCUT2D eigenvalue weighted by atomic mass is 32.7. The van der Waals surface area contributed by atoms with Crippen molar-refractivity contribution in [2.45, 2.75) is 19.1 Å². The van der Waals surface area contributed by atoms with E-state index in [9.17, 15) is 14.8 Å². The molecule has 0 aliphatic carbocycles. The van der Waals surface area contributed by atoms with Crippen LogP contribution in [0.5, 0.6) is 0 Å². The van der Waals surface area contributed by atoms with Crippen LogP contribution in [0.25, 0.3) is 0 Å². The van der Waals surface area contributed by atoms with E-state index in [0.717, 1.165) is 11.1 Å². The Balaban J connectivity index is 1.96. The fourth-order valence-corrected chi connectivity index (χ4v) is 3.23. The van der Waals surface area contributed by atoms with Gasteiger partial charge in [0.1, 0.15) is 13.8 Å². The molecule has 2 aromatic carbocycles. The first-order chi connectivity index (χ1) is 11.0. The second kappa shape index (κ2) is 8.43. The monoisotopic (exact) mass is 351 g/mol. The molecule has 0 aromatic heterocycles. The molecule has 5 nitrogen and oxygen atoms in total. The van der Waals surface area contributed by atoms with Crippen molar-refractivity contribution in [1.82, 2.24) is 0 Å². The smallest absolute Gasteiger partial charge is 0.337 e. The molecule has 122 valence electrons. The summed E-state index contributed by atoms with van der Waals surface area (Å²) in [6.45, 7) is -0.000701. The van der Waals surface area contributed by atoms with Gasteiger partial charge in [-0.2, -0.15) is 0 Å². The van der Waals surface area contributed by atoms with Crippen LogP contribution in [-0.4, -0.2) is 17.2 Å². The van der Waals surface area contributed by atoms with E-state index in [2.05, 4.69) is 0 Å². The largest absolute Gasteiger partial charge is 0.648 e. The van der Waals surface area contributed by atoms with E-state index in [1.807, 2.05) is 24.3 Å². The number of aliphatic carboxylic acids is 1. The first-order valence-electron chi connectivity index (χ1n) is 6.91. The normalized spacial score (nSPS) is 14.9. The van der Waals surface area contributed by atoms with E-state index in [0.29, 0.717) is 0 Å². The maximum Gasteiger partial charge on any atom is 0.337 e. The number of hydrogen-bond acceptors (Lipinski definition) is 5. The van der Waals surface area contributed by atoms with Crippen LogP contribution in [0.15, 0.2) is 60.7 Å². The molecule has 0 radical (unpaired) electrons. The van der Waals surface area contributed by atoms with Gasteiger partial charge in [0.15, 0.2) is 0 Å². The van der Waals surface area contributed by atoms with E-state index >= 15 is 0 Å². The summed E-state index contributed by atoms with van der Waals surface area (Å²) in [6.07, 6.45) is -1.26. The third-order valence-electron chi connectivity index (χ3n) is 3.03. The molecule has 0 aliphatic rings. The molecular formula is C16H16O5PS-. The molecule has 2 rings (SSSR count). The first kappa shape index (κ1) is 17.9. The lowest BCUT2D eigenvalue weighted by atomic mass is 10.1. The van der Waals surface area contributed by atoms with Crippen LogP contribution >= 0.6 is 7.15 Å². The summed E-state index contributed by atoms with van der Waals surface area (Å²) in [4.78, 5) is 23.5. The highest BCUT2D eigenvalue weighted by Crippen LogP contribution is 2.52. The van der Waals surface area contributed by atoms with E-state index < -0.39 is 19.2 Å². The van der Waals surface area contributed by atoms with Crippen molar-refractivity contribution in [3.05, 3.63) is 71.8 Å². The summed E-state index contributed by atoms with van der Waals surface area (Å²) in [6, 6.07) is 17.9.